The van der Waals surface area contributed by atoms with Crippen LogP contribution in [0.5, 0.6) is 0 Å². The van der Waals surface area contributed by atoms with Gasteiger partial charge in [-0.15, -0.1) is 22.7 Å². The highest BCUT2D eigenvalue weighted by Crippen LogP contribution is 2.43. The molecular formula is C29H16N2S2. The van der Waals surface area contributed by atoms with Crippen LogP contribution in [-0.4, -0.2) is 9.55 Å². The molecule has 8 rings (SSSR count). The number of pyridine rings is 1. The van der Waals surface area contributed by atoms with Gasteiger partial charge in [0.2, 0.25) is 0 Å². The van der Waals surface area contributed by atoms with Gasteiger partial charge in [0, 0.05) is 58.3 Å². The van der Waals surface area contributed by atoms with Crippen LogP contribution in [0.25, 0.3) is 68.0 Å². The maximum Gasteiger partial charge on any atom is 0.124 e. The minimum atomic E-state index is 1.10. The smallest absolute Gasteiger partial charge is 0.124 e. The lowest BCUT2D eigenvalue weighted by molar-refractivity contribution is 1.19. The minimum Gasteiger partial charge on any atom is -0.309 e. The summed E-state index contributed by atoms with van der Waals surface area (Å²) in [4.78, 5) is 5.74. The molecule has 0 saturated carbocycles. The molecule has 4 heterocycles. The summed E-state index contributed by atoms with van der Waals surface area (Å²) in [7, 11) is 0. The second-order valence-electron chi connectivity index (χ2n) is 8.42. The summed E-state index contributed by atoms with van der Waals surface area (Å²) in [5, 5.41) is 7.82. The van der Waals surface area contributed by atoms with E-state index in [1.165, 1.54) is 63.1 Å². The monoisotopic (exact) mass is 456 g/mol. The lowest BCUT2D eigenvalue weighted by atomic mass is 10.1. The van der Waals surface area contributed by atoms with Crippen molar-refractivity contribution in [3.8, 4) is 5.69 Å². The van der Waals surface area contributed by atoms with E-state index < -0.39 is 0 Å². The van der Waals surface area contributed by atoms with Crippen molar-refractivity contribution >= 4 is 85.0 Å². The van der Waals surface area contributed by atoms with Crippen molar-refractivity contribution in [2.24, 2.45) is 0 Å². The number of hydrogen-bond donors (Lipinski definition) is 0. The van der Waals surface area contributed by atoms with Gasteiger partial charge in [-0.1, -0.05) is 36.4 Å². The second-order valence-corrected chi connectivity index (χ2v) is 10.5. The summed E-state index contributed by atoms with van der Waals surface area (Å²) < 4.78 is 6.39. The average molecular weight is 457 g/mol. The van der Waals surface area contributed by atoms with Gasteiger partial charge in [0.05, 0.1) is 11.0 Å². The van der Waals surface area contributed by atoms with Gasteiger partial charge in [-0.05, 0) is 54.6 Å². The summed E-state index contributed by atoms with van der Waals surface area (Å²) in [5.41, 5.74) is 3.68. The van der Waals surface area contributed by atoms with Crippen molar-refractivity contribution in [2.45, 2.75) is 0 Å². The first-order valence-corrected chi connectivity index (χ1v) is 12.6. The summed E-state index contributed by atoms with van der Waals surface area (Å²) in [6, 6.07) is 33.2. The maximum atomic E-state index is 4.64. The molecule has 0 N–H and O–H groups in total. The number of para-hydroxylation sites is 1. The summed E-state index contributed by atoms with van der Waals surface area (Å²) in [5.74, 6) is 0. The third-order valence-electron chi connectivity index (χ3n) is 6.67. The van der Waals surface area contributed by atoms with Crippen LogP contribution in [0.1, 0.15) is 0 Å². The minimum absolute atomic E-state index is 1.10. The highest BCUT2D eigenvalue weighted by Gasteiger charge is 2.18. The fraction of sp³-hybridized carbons (Fsp3) is 0. The molecule has 4 aromatic heterocycles. The summed E-state index contributed by atoms with van der Waals surface area (Å²) in [6.07, 6.45) is 1.89. The zero-order chi connectivity index (χ0) is 21.5. The largest absolute Gasteiger partial charge is 0.309 e. The Balaban J connectivity index is 1.55. The Morgan fingerprint density at radius 2 is 1.33 bits per heavy atom. The quantitative estimate of drug-likeness (QED) is 0.241. The van der Waals surface area contributed by atoms with Crippen LogP contribution >= 0.6 is 22.7 Å². The zero-order valence-corrected chi connectivity index (χ0v) is 19.1. The van der Waals surface area contributed by atoms with Crippen molar-refractivity contribution in [1.82, 2.24) is 9.55 Å². The SMILES string of the molecule is c1ccc2c(c1)sc1ccc(-n3c4ccccc4c4c5c(ccc43)sc3ncccc35)cc12. The van der Waals surface area contributed by atoms with Crippen LogP contribution < -0.4 is 0 Å². The zero-order valence-electron chi connectivity index (χ0n) is 17.4. The van der Waals surface area contributed by atoms with Gasteiger partial charge in [0.1, 0.15) is 4.83 Å². The molecule has 0 atom stereocenters. The summed E-state index contributed by atoms with van der Waals surface area (Å²) in [6.45, 7) is 0. The normalized spacial score (nSPS) is 12.2. The van der Waals surface area contributed by atoms with Crippen molar-refractivity contribution in [3.63, 3.8) is 0 Å². The second kappa shape index (κ2) is 6.41. The molecule has 0 aliphatic heterocycles. The molecular weight excluding hydrogens is 440 g/mol. The molecule has 0 spiro atoms. The van der Waals surface area contributed by atoms with E-state index in [1.807, 2.05) is 23.6 Å². The third kappa shape index (κ3) is 2.34. The van der Waals surface area contributed by atoms with E-state index in [1.54, 1.807) is 11.3 Å². The van der Waals surface area contributed by atoms with Crippen molar-refractivity contribution in [3.05, 3.63) is 97.2 Å². The molecule has 0 bridgehead atoms. The van der Waals surface area contributed by atoms with Gasteiger partial charge in [-0.3, -0.25) is 0 Å². The van der Waals surface area contributed by atoms with Crippen LogP contribution in [0.3, 0.4) is 0 Å². The predicted molar refractivity (Wildman–Crippen MR) is 144 cm³/mol. The standard InChI is InChI=1S/C29H16N2S2/c1-3-9-22-19(7-1)27-23(12-14-26-28(27)20-8-5-15-30-29(20)33-26)31(22)17-11-13-25-21(16-17)18-6-2-4-10-24(18)32-25/h1-16H. The molecule has 4 heteroatoms. The van der Waals surface area contributed by atoms with Gasteiger partial charge < -0.3 is 4.57 Å². The van der Waals surface area contributed by atoms with Gasteiger partial charge in [-0.25, -0.2) is 4.98 Å². The van der Waals surface area contributed by atoms with E-state index in [2.05, 4.69) is 94.5 Å². The molecule has 0 fully saturated rings. The molecule has 0 amide bonds. The fourth-order valence-electron chi connectivity index (χ4n) is 5.29. The molecule has 4 aromatic carbocycles. The Morgan fingerprint density at radius 3 is 2.30 bits per heavy atom. The molecule has 154 valence electrons. The Kier molecular flexibility index (Phi) is 3.45. The first-order chi connectivity index (χ1) is 16.4. The first kappa shape index (κ1) is 17.8. The first-order valence-electron chi connectivity index (χ1n) is 11.0. The highest BCUT2D eigenvalue weighted by molar-refractivity contribution is 7.26. The Bertz CT molecular complexity index is 2040. The molecule has 0 radical (unpaired) electrons. The van der Waals surface area contributed by atoms with E-state index in [0.29, 0.717) is 0 Å². The molecule has 0 aliphatic carbocycles. The lowest BCUT2D eigenvalue weighted by Crippen LogP contribution is -1.93. The Morgan fingerprint density at radius 1 is 0.545 bits per heavy atom. The number of fused-ring (bicyclic) bond motifs is 10. The molecule has 0 aliphatic rings. The fourth-order valence-corrected chi connectivity index (χ4v) is 7.43. The van der Waals surface area contributed by atoms with E-state index >= 15 is 0 Å². The number of rotatable bonds is 1. The van der Waals surface area contributed by atoms with Crippen LogP contribution in [0.4, 0.5) is 0 Å². The third-order valence-corrected chi connectivity index (χ3v) is 8.90. The van der Waals surface area contributed by atoms with E-state index in [9.17, 15) is 0 Å². The molecule has 2 nitrogen and oxygen atoms in total. The van der Waals surface area contributed by atoms with E-state index in [-0.39, 0.29) is 0 Å². The van der Waals surface area contributed by atoms with Crippen LogP contribution in [0, 0.1) is 0 Å². The molecule has 33 heavy (non-hydrogen) atoms. The van der Waals surface area contributed by atoms with E-state index in [0.717, 1.165) is 4.83 Å². The molecule has 0 saturated heterocycles. The predicted octanol–water partition coefficient (Wildman–Crippen LogP) is 8.91. The number of benzene rings is 4. The molecule has 8 aromatic rings. The highest BCUT2D eigenvalue weighted by atomic mass is 32.1. The maximum absolute atomic E-state index is 4.64. The van der Waals surface area contributed by atoms with Crippen molar-refractivity contribution in [2.75, 3.05) is 0 Å². The number of aromatic nitrogens is 2. The number of thiophene rings is 2. The topological polar surface area (TPSA) is 17.8 Å². The van der Waals surface area contributed by atoms with Gasteiger partial charge in [0.25, 0.3) is 0 Å². The van der Waals surface area contributed by atoms with Crippen molar-refractivity contribution in [1.29, 1.82) is 0 Å². The van der Waals surface area contributed by atoms with Crippen molar-refractivity contribution < 1.29 is 0 Å². The van der Waals surface area contributed by atoms with Crippen LogP contribution in [0.2, 0.25) is 0 Å². The van der Waals surface area contributed by atoms with Gasteiger partial charge >= 0.3 is 0 Å². The summed E-state index contributed by atoms with van der Waals surface area (Å²) >= 11 is 3.64. The van der Waals surface area contributed by atoms with Gasteiger partial charge in [-0.2, -0.15) is 0 Å². The van der Waals surface area contributed by atoms with Crippen LogP contribution in [-0.2, 0) is 0 Å². The Hall–Kier alpha value is -3.73. The average Bonchev–Trinajstić information content (AvgIpc) is 3.52. The number of nitrogens with zero attached hydrogens (tertiary/aromatic N) is 2. The number of hydrogen-bond acceptors (Lipinski definition) is 3. The van der Waals surface area contributed by atoms with E-state index in [4.69, 9.17) is 0 Å². The Labute approximate surface area is 196 Å². The molecule has 0 unspecified atom stereocenters. The van der Waals surface area contributed by atoms with Gasteiger partial charge in [0.15, 0.2) is 0 Å². The lowest BCUT2D eigenvalue weighted by Gasteiger charge is -2.08. The van der Waals surface area contributed by atoms with Crippen LogP contribution in [0.15, 0.2) is 97.2 Å².